The van der Waals surface area contributed by atoms with Gasteiger partial charge in [-0.1, -0.05) is 31.5 Å². The van der Waals surface area contributed by atoms with Gasteiger partial charge in [0.2, 0.25) is 5.95 Å². The average molecular weight is 243 g/mol. The number of para-hydroxylation sites is 1. The minimum Gasteiger partial charge on any atom is -0.325 e. The monoisotopic (exact) mass is 243 g/mol. The predicted octanol–water partition coefficient (Wildman–Crippen LogP) is 4.16. The van der Waals surface area contributed by atoms with Crippen molar-refractivity contribution in [2.24, 2.45) is 0 Å². The number of aryl methyl sites for hydroxylation is 1. The van der Waals surface area contributed by atoms with Crippen LogP contribution in [0.25, 0.3) is 0 Å². The zero-order valence-corrected chi connectivity index (χ0v) is 11.4. The summed E-state index contributed by atoms with van der Waals surface area (Å²) in [4.78, 5) is 4.39. The maximum absolute atomic E-state index is 4.39. The van der Waals surface area contributed by atoms with Crippen LogP contribution in [0.3, 0.4) is 0 Å². The first kappa shape index (κ1) is 12.7. The fourth-order valence-corrected chi connectivity index (χ4v) is 2.08. The highest BCUT2D eigenvalue weighted by Gasteiger charge is 2.07. The predicted molar refractivity (Wildman–Crippen MR) is 76.3 cm³/mol. The van der Waals surface area contributed by atoms with Crippen molar-refractivity contribution in [2.45, 2.75) is 39.7 Å². The summed E-state index contributed by atoms with van der Waals surface area (Å²) >= 11 is 0. The van der Waals surface area contributed by atoms with Gasteiger partial charge in [-0.05, 0) is 31.9 Å². The summed E-state index contributed by atoms with van der Waals surface area (Å²) in [6, 6.07) is 8.85. The standard InChI is InChI=1S/C15H21N3/c1-4-7-13-8-5-6-9-14(13)17-15-16-10-11-18(15)12(2)3/h5-6,8-12H,4,7H2,1-3H3,(H,16,17). The highest BCUT2D eigenvalue weighted by Crippen LogP contribution is 2.22. The van der Waals surface area contributed by atoms with Gasteiger partial charge in [-0.25, -0.2) is 4.98 Å². The molecule has 2 aromatic rings. The van der Waals surface area contributed by atoms with E-state index in [4.69, 9.17) is 0 Å². The van der Waals surface area contributed by atoms with E-state index >= 15 is 0 Å². The molecular weight excluding hydrogens is 222 g/mol. The van der Waals surface area contributed by atoms with Crippen LogP contribution in [0.1, 0.15) is 38.8 Å². The van der Waals surface area contributed by atoms with Crippen LogP contribution in [-0.2, 0) is 6.42 Å². The molecule has 0 saturated carbocycles. The quantitative estimate of drug-likeness (QED) is 0.854. The maximum Gasteiger partial charge on any atom is 0.207 e. The summed E-state index contributed by atoms with van der Waals surface area (Å²) in [6.07, 6.45) is 6.09. The van der Waals surface area contributed by atoms with Gasteiger partial charge in [0, 0.05) is 24.1 Å². The number of rotatable bonds is 5. The molecule has 18 heavy (non-hydrogen) atoms. The molecule has 0 fully saturated rings. The summed E-state index contributed by atoms with van der Waals surface area (Å²) in [5.74, 6) is 0.911. The molecule has 0 atom stereocenters. The molecule has 1 aromatic carbocycles. The molecule has 0 aliphatic carbocycles. The van der Waals surface area contributed by atoms with Gasteiger partial charge in [-0.2, -0.15) is 0 Å². The summed E-state index contributed by atoms with van der Waals surface area (Å²) in [7, 11) is 0. The average Bonchev–Trinajstić information content (AvgIpc) is 2.80. The normalized spacial score (nSPS) is 10.9. The van der Waals surface area contributed by atoms with Gasteiger partial charge < -0.3 is 9.88 Å². The number of hydrogen-bond acceptors (Lipinski definition) is 2. The molecule has 1 N–H and O–H groups in total. The van der Waals surface area contributed by atoms with E-state index in [1.807, 2.05) is 12.4 Å². The first-order valence-corrected chi connectivity index (χ1v) is 6.60. The van der Waals surface area contributed by atoms with Crippen LogP contribution in [0, 0.1) is 0 Å². The lowest BCUT2D eigenvalue weighted by Gasteiger charge is -2.15. The highest BCUT2D eigenvalue weighted by atomic mass is 15.2. The van der Waals surface area contributed by atoms with E-state index in [2.05, 4.69) is 59.9 Å². The topological polar surface area (TPSA) is 29.9 Å². The zero-order valence-electron chi connectivity index (χ0n) is 11.4. The highest BCUT2D eigenvalue weighted by molar-refractivity contribution is 5.58. The van der Waals surface area contributed by atoms with Crippen LogP contribution in [0.15, 0.2) is 36.7 Å². The number of nitrogens with one attached hydrogen (secondary N) is 1. The Bertz CT molecular complexity index is 500. The fraction of sp³-hybridized carbons (Fsp3) is 0.400. The van der Waals surface area contributed by atoms with Gasteiger partial charge in [0.05, 0.1) is 0 Å². The fourth-order valence-electron chi connectivity index (χ4n) is 2.08. The third kappa shape index (κ3) is 2.73. The van der Waals surface area contributed by atoms with Crippen molar-refractivity contribution in [3.8, 4) is 0 Å². The van der Waals surface area contributed by atoms with Crippen LogP contribution < -0.4 is 5.32 Å². The lowest BCUT2D eigenvalue weighted by Crippen LogP contribution is -2.06. The van der Waals surface area contributed by atoms with Crippen molar-refractivity contribution in [3.63, 3.8) is 0 Å². The number of aromatic nitrogens is 2. The van der Waals surface area contributed by atoms with Crippen molar-refractivity contribution in [1.82, 2.24) is 9.55 Å². The van der Waals surface area contributed by atoms with E-state index in [1.165, 1.54) is 5.56 Å². The molecular formula is C15H21N3. The molecule has 0 spiro atoms. The summed E-state index contributed by atoms with van der Waals surface area (Å²) in [6.45, 7) is 6.52. The van der Waals surface area contributed by atoms with Crippen molar-refractivity contribution in [2.75, 3.05) is 5.32 Å². The van der Waals surface area contributed by atoms with Crippen molar-refractivity contribution >= 4 is 11.6 Å². The second-order valence-electron chi connectivity index (χ2n) is 4.78. The van der Waals surface area contributed by atoms with Gasteiger partial charge in [-0.3, -0.25) is 0 Å². The first-order chi connectivity index (χ1) is 8.72. The van der Waals surface area contributed by atoms with E-state index in [-0.39, 0.29) is 0 Å². The molecule has 1 aromatic heterocycles. The van der Waals surface area contributed by atoms with Crippen molar-refractivity contribution < 1.29 is 0 Å². The Morgan fingerprint density at radius 2 is 2.06 bits per heavy atom. The molecule has 1 heterocycles. The number of nitrogens with zero attached hydrogens (tertiary/aromatic N) is 2. The molecule has 3 nitrogen and oxygen atoms in total. The molecule has 2 rings (SSSR count). The largest absolute Gasteiger partial charge is 0.325 e. The van der Waals surface area contributed by atoms with Gasteiger partial charge in [-0.15, -0.1) is 0 Å². The molecule has 96 valence electrons. The van der Waals surface area contributed by atoms with Crippen LogP contribution >= 0.6 is 0 Å². The molecule has 3 heteroatoms. The van der Waals surface area contributed by atoms with Gasteiger partial charge >= 0.3 is 0 Å². The smallest absolute Gasteiger partial charge is 0.207 e. The Labute approximate surface area is 109 Å². The van der Waals surface area contributed by atoms with Crippen molar-refractivity contribution in [1.29, 1.82) is 0 Å². The molecule has 0 aliphatic rings. The Balaban J connectivity index is 2.25. The van der Waals surface area contributed by atoms with Gasteiger partial charge in [0.1, 0.15) is 0 Å². The van der Waals surface area contributed by atoms with Crippen molar-refractivity contribution in [3.05, 3.63) is 42.2 Å². The van der Waals surface area contributed by atoms with E-state index in [1.54, 1.807) is 0 Å². The minimum atomic E-state index is 0.410. The molecule has 0 saturated heterocycles. The van der Waals surface area contributed by atoms with Crippen LogP contribution in [-0.4, -0.2) is 9.55 Å². The van der Waals surface area contributed by atoms with Gasteiger partial charge in [0.15, 0.2) is 0 Å². The van der Waals surface area contributed by atoms with E-state index in [9.17, 15) is 0 Å². The lowest BCUT2D eigenvalue weighted by atomic mass is 10.1. The minimum absolute atomic E-state index is 0.410. The SMILES string of the molecule is CCCc1ccccc1Nc1nccn1C(C)C. The Kier molecular flexibility index (Phi) is 4.03. The summed E-state index contributed by atoms with van der Waals surface area (Å²) in [5.41, 5.74) is 2.51. The summed E-state index contributed by atoms with van der Waals surface area (Å²) < 4.78 is 2.14. The number of imidazole rings is 1. The van der Waals surface area contributed by atoms with E-state index in [0.717, 1.165) is 24.5 Å². The molecule has 0 aliphatic heterocycles. The second-order valence-corrected chi connectivity index (χ2v) is 4.78. The third-order valence-corrected chi connectivity index (χ3v) is 3.01. The maximum atomic E-state index is 4.39. The Morgan fingerprint density at radius 3 is 2.78 bits per heavy atom. The lowest BCUT2D eigenvalue weighted by molar-refractivity contribution is 0.607. The zero-order chi connectivity index (χ0) is 13.0. The summed E-state index contributed by atoms with van der Waals surface area (Å²) in [5, 5.41) is 3.44. The first-order valence-electron chi connectivity index (χ1n) is 6.60. The van der Waals surface area contributed by atoms with E-state index in [0.29, 0.717) is 6.04 Å². The molecule has 0 unspecified atom stereocenters. The van der Waals surface area contributed by atoms with Gasteiger partial charge in [0.25, 0.3) is 0 Å². The molecule has 0 radical (unpaired) electrons. The number of hydrogen-bond donors (Lipinski definition) is 1. The molecule has 0 amide bonds. The van der Waals surface area contributed by atoms with Crippen LogP contribution in [0.2, 0.25) is 0 Å². The number of anilines is 2. The second kappa shape index (κ2) is 5.71. The van der Waals surface area contributed by atoms with Crippen LogP contribution in [0.5, 0.6) is 0 Å². The Hall–Kier alpha value is -1.77. The van der Waals surface area contributed by atoms with Crippen LogP contribution in [0.4, 0.5) is 11.6 Å². The third-order valence-electron chi connectivity index (χ3n) is 3.01. The van der Waals surface area contributed by atoms with E-state index < -0.39 is 0 Å². The number of benzene rings is 1. The Morgan fingerprint density at radius 1 is 1.28 bits per heavy atom. The molecule has 0 bridgehead atoms.